The van der Waals surface area contributed by atoms with Gasteiger partial charge in [-0.25, -0.2) is 4.98 Å². The summed E-state index contributed by atoms with van der Waals surface area (Å²) in [6.45, 7) is 3.52. The van der Waals surface area contributed by atoms with E-state index in [1.165, 1.54) is 0 Å². The maximum atomic E-state index is 5.32. The molecule has 0 spiro atoms. The van der Waals surface area contributed by atoms with Crippen LogP contribution >= 0.6 is 0 Å². The van der Waals surface area contributed by atoms with Gasteiger partial charge in [0.1, 0.15) is 6.33 Å². The summed E-state index contributed by atoms with van der Waals surface area (Å²) in [6.07, 6.45) is 2.50. The Bertz CT molecular complexity index is 193. The summed E-state index contributed by atoms with van der Waals surface area (Å²) < 4.78 is 1.80. The molecule has 0 fully saturated rings. The summed E-state index contributed by atoms with van der Waals surface area (Å²) in [4.78, 5) is 4.05. The minimum atomic E-state index is 0.619. The first kappa shape index (κ1) is 7.21. The van der Waals surface area contributed by atoms with Crippen molar-refractivity contribution in [2.75, 3.05) is 6.54 Å². The van der Waals surface area contributed by atoms with Crippen molar-refractivity contribution in [3.8, 4) is 0 Å². The number of aryl methyl sites for hydroxylation is 1. The van der Waals surface area contributed by atoms with Crippen molar-refractivity contribution in [1.29, 1.82) is 0 Å². The van der Waals surface area contributed by atoms with E-state index in [4.69, 9.17) is 5.73 Å². The normalized spacial score (nSPS) is 10.2. The van der Waals surface area contributed by atoms with Gasteiger partial charge in [-0.15, -0.1) is 0 Å². The van der Waals surface area contributed by atoms with Crippen molar-refractivity contribution in [2.45, 2.75) is 19.9 Å². The maximum Gasteiger partial charge on any atom is 0.151 e. The quantitative estimate of drug-likeness (QED) is 0.632. The summed E-state index contributed by atoms with van der Waals surface area (Å²) >= 11 is 0. The second-order valence-corrected chi connectivity index (χ2v) is 2.06. The molecule has 0 aliphatic rings. The molecule has 2 N–H and O–H groups in total. The van der Waals surface area contributed by atoms with E-state index in [1.54, 1.807) is 11.0 Å². The number of hydrogen-bond acceptors (Lipinski definition) is 3. The zero-order valence-corrected chi connectivity index (χ0v) is 6.12. The lowest BCUT2D eigenvalue weighted by Gasteiger charge is -1.89. The van der Waals surface area contributed by atoms with Gasteiger partial charge >= 0.3 is 0 Å². The van der Waals surface area contributed by atoms with Gasteiger partial charge in [0.15, 0.2) is 5.82 Å². The van der Waals surface area contributed by atoms with Crippen LogP contribution in [0.25, 0.3) is 0 Å². The lowest BCUT2D eigenvalue weighted by molar-refractivity contribution is 0.646. The molecular weight excluding hydrogens is 128 g/mol. The molecule has 4 heteroatoms. The molecule has 1 rings (SSSR count). The standard InChI is InChI=1S/C6H12N4/c1-2-10-5-8-6(9-10)3-4-7/h5H,2-4,7H2,1H3. The van der Waals surface area contributed by atoms with Gasteiger partial charge in [0.2, 0.25) is 0 Å². The molecule has 0 saturated heterocycles. The fourth-order valence-corrected chi connectivity index (χ4v) is 0.729. The van der Waals surface area contributed by atoms with Gasteiger partial charge in [-0.1, -0.05) is 0 Å². The molecule has 1 aromatic heterocycles. The molecule has 1 heterocycles. The zero-order valence-electron chi connectivity index (χ0n) is 6.12. The van der Waals surface area contributed by atoms with Crippen LogP contribution in [-0.4, -0.2) is 21.3 Å². The van der Waals surface area contributed by atoms with E-state index in [1.807, 2.05) is 6.92 Å². The summed E-state index contributed by atoms with van der Waals surface area (Å²) in [5, 5.41) is 4.14. The predicted molar refractivity (Wildman–Crippen MR) is 38.5 cm³/mol. The third-order valence-electron chi connectivity index (χ3n) is 1.28. The predicted octanol–water partition coefficient (Wildman–Crippen LogP) is -0.201. The first-order valence-electron chi connectivity index (χ1n) is 3.45. The number of rotatable bonds is 3. The molecule has 0 radical (unpaired) electrons. The van der Waals surface area contributed by atoms with Gasteiger partial charge in [0.05, 0.1) is 0 Å². The van der Waals surface area contributed by atoms with Crippen molar-refractivity contribution in [1.82, 2.24) is 14.8 Å². The Labute approximate surface area is 60.1 Å². The lowest BCUT2D eigenvalue weighted by Crippen LogP contribution is -2.05. The zero-order chi connectivity index (χ0) is 7.40. The van der Waals surface area contributed by atoms with Gasteiger partial charge in [-0.3, -0.25) is 4.68 Å². The van der Waals surface area contributed by atoms with Crippen LogP contribution < -0.4 is 5.73 Å². The second-order valence-electron chi connectivity index (χ2n) is 2.06. The molecule has 0 atom stereocenters. The fourth-order valence-electron chi connectivity index (χ4n) is 0.729. The van der Waals surface area contributed by atoms with E-state index in [0.717, 1.165) is 18.8 Å². The third-order valence-corrected chi connectivity index (χ3v) is 1.28. The molecular formula is C6H12N4. The Kier molecular flexibility index (Phi) is 2.39. The summed E-state index contributed by atoms with van der Waals surface area (Å²) in [5.74, 6) is 0.837. The van der Waals surface area contributed by atoms with Gasteiger partial charge < -0.3 is 5.73 Å². The number of nitrogens with two attached hydrogens (primary N) is 1. The van der Waals surface area contributed by atoms with Crippen LogP contribution in [0.3, 0.4) is 0 Å². The van der Waals surface area contributed by atoms with E-state index in [0.29, 0.717) is 6.54 Å². The molecule has 0 bridgehead atoms. The molecule has 0 saturated carbocycles. The molecule has 0 aliphatic heterocycles. The topological polar surface area (TPSA) is 56.7 Å². The molecule has 0 amide bonds. The van der Waals surface area contributed by atoms with E-state index in [-0.39, 0.29) is 0 Å². The molecule has 0 unspecified atom stereocenters. The SMILES string of the molecule is CCn1cnc(CCN)n1. The first-order valence-corrected chi connectivity index (χ1v) is 3.45. The highest BCUT2D eigenvalue weighted by Crippen LogP contribution is 1.88. The highest BCUT2D eigenvalue weighted by atomic mass is 15.3. The first-order chi connectivity index (χ1) is 4.86. The summed E-state index contributed by atoms with van der Waals surface area (Å²) in [6, 6.07) is 0. The summed E-state index contributed by atoms with van der Waals surface area (Å²) in [7, 11) is 0. The van der Waals surface area contributed by atoms with Crippen LogP contribution in [0.15, 0.2) is 6.33 Å². The molecule has 56 valence electrons. The van der Waals surface area contributed by atoms with Crippen molar-refractivity contribution in [2.24, 2.45) is 5.73 Å². The van der Waals surface area contributed by atoms with Crippen molar-refractivity contribution >= 4 is 0 Å². The molecule has 4 nitrogen and oxygen atoms in total. The van der Waals surface area contributed by atoms with Gasteiger partial charge in [-0.05, 0) is 13.5 Å². The second kappa shape index (κ2) is 3.31. The number of aromatic nitrogens is 3. The summed E-state index contributed by atoms with van der Waals surface area (Å²) in [5.41, 5.74) is 5.32. The van der Waals surface area contributed by atoms with E-state index in [2.05, 4.69) is 10.1 Å². The van der Waals surface area contributed by atoms with Crippen LogP contribution in [0, 0.1) is 0 Å². The van der Waals surface area contributed by atoms with Crippen molar-refractivity contribution in [3.63, 3.8) is 0 Å². The number of hydrogen-bond donors (Lipinski definition) is 1. The lowest BCUT2D eigenvalue weighted by atomic mass is 10.4. The fraction of sp³-hybridized carbons (Fsp3) is 0.667. The Balaban J connectivity index is 2.59. The maximum absolute atomic E-state index is 5.32. The highest BCUT2D eigenvalue weighted by Gasteiger charge is 1.95. The van der Waals surface area contributed by atoms with Gasteiger partial charge in [0.25, 0.3) is 0 Å². The third kappa shape index (κ3) is 1.54. The Morgan fingerprint density at radius 2 is 2.50 bits per heavy atom. The molecule has 0 aliphatic carbocycles. The highest BCUT2D eigenvalue weighted by molar-refractivity contribution is 4.81. The average molecular weight is 140 g/mol. The Morgan fingerprint density at radius 1 is 1.70 bits per heavy atom. The van der Waals surface area contributed by atoms with Crippen LogP contribution in [0.4, 0.5) is 0 Å². The molecule has 1 aromatic rings. The van der Waals surface area contributed by atoms with Crippen LogP contribution in [0.2, 0.25) is 0 Å². The molecule has 0 aromatic carbocycles. The van der Waals surface area contributed by atoms with Crippen molar-refractivity contribution in [3.05, 3.63) is 12.2 Å². The Morgan fingerprint density at radius 3 is 3.00 bits per heavy atom. The van der Waals surface area contributed by atoms with Crippen LogP contribution in [-0.2, 0) is 13.0 Å². The number of nitrogens with zero attached hydrogens (tertiary/aromatic N) is 3. The van der Waals surface area contributed by atoms with E-state index >= 15 is 0 Å². The largest absolute Gasteiger partial charge is 0.330 e. The van der Waals surface area contributed by atoms with Gasteiger partial charge in [-0.2, -0.15) is 5.10 Å². The van der Waals surface area contributed by atoms with Crippen LogP contribution in [0.1, 0.15) is 12.7 Å². The van der Waals surface area contributed by atoms with E-state index in [9.17, 15) is 0 Å². The monoisotopic (exact) mass is 140 g/mol. The van der Waals surface area contributed by atoms with Crippen molar-refractivity contribution < 1.29 is 0 Å². The average Bonchev–Trinajstić information content (AvgIpc) is 2.37. The minimum Gasteiger partial charge on any atom is -0.330 e. The molecule has 10 heavy (non-hydrogen) atoms. The van der Waals surface area contributed by atoms with Gasteiger partial charge in [0, 0.05) is 13.0 Å². The van der Waals surface area contributed by atoms with E-state index < -0.39 is 0 Å². The minimum absolute atomic E-state index is 0.619. The smallest absolute Gasteiger partial charge is 0.151 e. The Hall–Kier alpha value is -0.900. The van der Waals surface area contributed by atoms with Crippen LogP contribution in [0.5, 0.6) is 0 Å².